The van der Waals surface area contributed by atoms with Crippen LogP contribution in [0.4, 0.5) is 5.82 Å². The van der Waals surface area contributed by atoms with Crippen LogP contribution in [0.3, 0.4) is 0 Å². The molecule has 35 heavy (non-hydrogen) atoms. The van der Waals surface area contributed by atoms with Crippen LogP contribution < -0.4 is 5.73 Å². The highest BCUT2D eigenvalue weighted by Crippen LogP contribution is 2.36. The van der Waals surface area contributed by atoms with Crippen molar-refractivity contribution in [2.45, 2.75) is 31.6 Å². The van der Waals surface area contributed by atoms with E-state index >= 15 is 0 Å². The normalized spacial score (nSPS) is 18.2. The van der Waals surface area contributed by atoms with Crippen molar-refractivity contribution in [2.24, 2.45) is 5.92 Å². The van der Waals surface area contributed by atoms with E-state index in [4.69, 9.17) is 10.7 Å². The first-order chi connectivity index (χ1) is 17.1. The fourth-order valence-electron chi connectivity index (χ4n) is 5.01. The van der Waals surface area contributed by atoms with Gasteiger partial charge < -0.3 is 10.8 Å². The van der Waals surface area contributed by atoms with E-state index in [0.717, 1.165) is 57.7 Å². The lowest BCUT2D eigenvalue weighted by molar-refractivity contribution is -0.142. The number of hydrogen-bond donors (Lipinski definition) is 2. The van der Waals surface area contributed by atoms with Crippen LogP contribution in [-0.4, -0.2) is 35.4 Å². The Bertz CT molecular complexity index is 1550. The number of rotatable bonds is 4. The fourth-order valence-corrected chi connectivity index (χ4v) is 5.01. The van der Waals surface area contributed by atoms with Gasteiger partial charge in [0, 0.05) is 29.3 Å². The number of aliphatic carboxylic acids is 1. The number of nitrogens with zero attached hydrogens (tertiary/aromatic N) is 5. The zero-order valence-corrected chi connectivity index (χ0v) is 19.0. The van der Waals surface area contributed by atoms with Crippen LogP contribution >= 0.6 is 0 Å². The SMILES string of the molecule is Nc1nc(-c2ccc3ccc(-c4ccccn4)nc3c2)cn2c(C3CCC(C(=O)O)CC3)ncc12. The summed E-state index contributed by atoms with van der Waals surface area (Å²) in [5.41, 5.74) is 11.2. The van der Waals surface area contributed by atoms with Gasteiger partial charge in [-0.25, -0.2) is 15.0 Å². The molecule has 174 valence electrons. The molecule has 1 aliphatic rings. The van der Waals surface area contributed by atoms with E-state index in [-0.39, 0.29) is 11.8 Å². The van der Waals surface area contributed by atoms with Gasteiger partial charge in [0.2, 0.25) is 0 Å². The second-order valence-electron chi connectivity index (χ2n) is 9.09. The Hall–Kier alpha value is -4.33. The number of benzene rings is 1. The van der Waals surface area contributed by atoms with Crippen molar-refractivity contribution in [3.63, 3.8) is 0 Å². The van der Waals surface area contributed by atoms with Crippen molar-refractivity contribution < 1.29 is 9.90 Å². The van der Waals surface area contributed by atoms with E-state index in [0.29, 0.717) is 18.7 Å². The van der Waals surface area contributed by atoms with E-state index in [1.165, 1.54) is 0 Å². The summed E-state index contributed by atoms with van der Waals surface area (Å²) in [6.07, 6.45) is 8.41. The van der Waals surface area contributed by atoms with Gasteiger partial charge in [0.15, 0.2) is 0 Å². The minimum absolute atomic E-state index is 0.196. The molecule has 0 unspecified atom stereocenters. The lowest BCUT2D eigenvalue weighted by Gasteiger charge is -2.25. The minimum atomic E-state index is -0.705. The molecular formula is C27H24N6O2. The Balaban J connectivity index is 1.38. The van der Waals surface area contributed by atoms with Crippen LogP contribution in [0.1, 0.15) is 37.4 Å². The molecule has 8 nitrogen and oxygen atoms in total. The highest BCUT2D eigenvalue weighted by Gasteiger charge is 2.29. The molecule has 4 aromatic heterocycles. The van der Waals surface area contributed by atoms with Gasteiger partial charge in [0.25, 0.3) is 0 Å². The first kappa shape index (κ1) is 21.2. The maximum atomic E-state index is 11.3. The fraction of sp³-hybridized carbons (Fsp3) is 0.222. The Morgan fingerprint density at radius 1 is 0.943 bits per heavy atom. The summed E-state index contributed by atoms with van der Waals surface area (Å²) in [6.45, 7) is 0. The molecule has 0 atom stereocenters. The van der Waals surface area contributed by atoms with E-state index in [2.05, 4.69) is 15.0 Å². The molecule has 1 aromatic carbocycles. The molecule has 1 aliphatic carbocycles. The van der Waals surface area contributed by atoms with Gasteiger partial charge in [-0.05, 0) is 49.9 Å². The maximum absolute atomic E-state index is 11.3. The standard InChI is InChI=1S/C27H24N6O2/c28-25-24-14-30-26(17-5-7-18(8-6-17)27(34)35)33(24)15-23(32-25)19-9-4-16-10-11-21(31-22(16)13-19)20-3-1-2-12-29-20/h1-4,9-15,17-18H,5-8H2,(H2,28,32)(H,34,35). The predicted molar refractivity (Wildman–Crippen MR) is 134 cm³/mol. The third kappa shape index (κ3) is 3.86. The van der Waals surface area contributed by atoms with Crippen molar-refractivity contribution in [3.8, 4) is 22.6 Å². The molecule has 0 radical (unpaired) electrons. The first-order valence-electron chi connectivity index (χ1n) is 11.8. The third-order valence-corrected chi connectivity index (χ3v) is 6.94. The molecule has 5 aromatic rings. The molecule has 8 heteroatoms. The van der Waals surface area contributed by atoms with Gasteiger partial charge in [0.1, 0.15) is 17.2 Å². The number of aromatic nitrogens is 5. The Morgan fingerprint density at radius 2 is 1.77 bits per heavy atom. The summed E-state index contributed by atoms with van der Waals surface area (Å²) in [7, 11) is 0. The highest BCUT2D eigenvalue weighted by atomic mass is 16.4. The zero-order chi connectivity index (χ0) is 23.9. The van der Waals surface area contributed by atoms with Gasteiger partial charge in [-0.3, -0.25) is 14.2 Å². The average molecular weight is 465 g/mol. The number of nitrogens with two attached hydrogens (primary N) is 1. The number of carboxylic acid groups (broad SMARTS) is 1. The predicted octanol–water partition coefficient (Wildman–Crippen LogP) is 4.95. The van der Waals surface area contributed by atoms with Crippen molar-refractivity contribution in [1.29, 1.82) is 0 Å². The Morgan fingerprint density at radius 3 is 2.54 bits per heavy atom. The summed E-state index contributed by atoms with van der Waals surface area (Å²) < 4.78 is 2.02. The van der Waals surface area contributed by atoms with Gasteiger partial charge >= 0.3 is 5.97 Å². The smallest absolute Gasteiger partial charge is 0.306 e. The van der Waals surface area contributed by atoms with Crippen LogP contribution in [0, 0.1) is 5.92 Å². The second kappa shape index (κ2) is 8.47. The molecule has 4 heterocycles. The Kier molecular flexibility index (Phi) is 5.13. The second-order valence-corrected chi connectivity index (χ2v) is 9.09. The number of nitrogen functional groups attached to an aromatic ring is 1. The maximum Gasteiger partial charge on any atom is 0.306 e. The topological polar surface area (TPSA) is 119 Å². The molecule has 3 N–H and O–H groups in total. The van der Waals surface area contributed by atoms with Crippen LogP contribution in [0.25, 0.3) is 39.1 Å². The summed E-state index contributed by atoms with van der Waals surface area (Å²) in [5.74, 6) is 0.553. The van der Waals surface area contributed by atoms with Gasteiger partial charge in [-0.1, -0.05) is 24.3 Å². The number of carboxylic acids is 1. The monoisotopic (exact) mass is 464 g/mol. The van der Waals surface area contributed by atoms with E-state index < -0.39 is 5.97 Å². The summed E-state index contributed by atoms with van der Waals surface area (Å²) >= 11 is 0. The molecular weight excluding hydrogens is 440 g/mol. The highest BCUT2D eigenvalue weighted by molar-refractivity contribution is 5.86. The quantitative estimate of drug-likeness (QED) is 0.386. The van der Waals surface area contributed by atoms with Crippen molar-refractivity contribution in [3.05, 3.63) is 72.9 Å². The van der Waals surface area contributed by atoms with E-state index in [9.17, 15) is 9.90 Å². The van der Waals surface area contributed by atoms with Crippen LogP contribution in [0.2, 0.25) is 0 Å². The molecule has 0 bridgehead atoms. The first-order valence-corrected chi connectivity index (χ1v) is 11.8. The van der Waals surface area contributed by atoms with Gasteiger partial charge in [0.05, 0.1) is 34.7 Å². The van der Waals surface area contributed by atoms with Crippen LogP contribution in [0.15, 0.2) is 67.1 Å². The number of imidazole rings is 1. The molecule has 0 saturated heterocycles. The number of pyridine rings is 2. The molecule has 6 rings (SSSR count). The van der Waals surface area contributed by atoms with E-state index in [1.807, 2.05) is 59.1 Å². The van der Waals surface area contributed by atoms with Crippen molar-refractivity contribution in [2.75, 3.05) is 5.73 Å². The zero-order valence-electron chi connectivity index (χ0n) is 19.0. The summed E-state index contributed by atoms with van der Waals surface area (Å²) in [5, 5.41) is 10.4. The number of hydrogen-bond acceptors (Lipinski definition) is 6. The van der Waals surface area contributed by atoms with Gasteiger partial charge in [-0.15, -0.1) is 0 Å². The lowest BCUT2D eigenvalue weighted by atomic mass is 9.81. The molecule has 1 fully saturated rings. The van der Waals surface area contributed by atoms with Crippen LogP contribution in [0.5, 0.6) is 0 Å². The molecule has 0 amide bonds. The van der Waals surface area contributed by atoms with Crippen molar-refractivity contribution in [1.82, 2.24) is 24.3 Å². The van der Waals surface area contributed by atoms with Gasteiger partial charge in [-0.2, -0.15) is 0 Å². The largest absolute Gasteiger partial charge is 0.481 e. The Labute approximate surface area is 201 Å². The minimum Gasteiger partial charge on any atom is -0.481 e. The lowest BCUT2D eigenvalue weighted by Crippen LogP contribution is -2.21. The summed E-state index contributed by atoms with van der Waals surface area (Å²) in [4.78, 5) is 29.9. The number of anilines is 1. The average Bonchev–Trinajstić information content (AvgIpc) is 3.33. The summed E-state index contributed by atoms with van der Waals surface area (Å²) in [6, 6.07) is 15.9. The molecule has 1 saturated carbocycles. The van der Waals surface area contributed by atoms with Crippen LogP contribution in [-0.2, 0) is 4.79 Å². The molecule has 0 spiro atoms. The van der Waals surface area contributed by atoms with Crippen molar-refractivity contribution >= 4 is 28.2 Å². The number of fused-ring (bicyclic) bond motifs is 2. The number of carbonyl (C=O) groups is 1. The molecule has 0 aliphatic heterocycles. The van der Waals surface area contributed by atoms with E-state index in [1.54, 1.807) is 12.4 Å². The third-order valence-electron chi connectivity index (χ3n) is 6.94.